The average Bonchev–Trinajstić information content (AvgIpc) is 2.19. The van der Waals surface area contributed by atoms with E-state index in [1.165, 1.54) is 18.2 Å². The Morgan fingerprint density at radius 1 is 1.35 bits per heavy atom. The number of carbonyl (C=O) groups excluding carboxylic acids is 1. The molecular weight excluding hydrogens is 255 g/mol. The highest BCUT2D eigenvalue weighted by Crippen LogP contribution is 2.31. The second-order valence-electron chi connectivity index (χ2n) is 3.99. The van der Waals surface area contributed by atoms with Gasteiger partial charge in [-0.05, 0) is 25.5 Å². The van der Waals surface area contributed by atoms with E-state index in [9.17, 15) is 18.0 Å². The minimum atomic E-state index is -4.80. The van der Waals surface area contributed by atoms with Crippen molar-refractivity contribution in [3.8, 4) is 0 Å². The van der Waals surface area contributed by atoms with Crippen LogP contribution in [0.2, 0.25) is 5.02 Å². The van der Waals surface area contributed by atoms with Crippen LogP contribution in [0.4, 0.5) is 13.2 Å². The summed E-state index contributed by atoms with van der Waals surface area (Å²) in [5.41, 5.74) is 2.65. The predicted molar refractivity (Wildman–Crippen MR) is 59.2 cm³/mol. The minimum absolute atomic E-state index is 0.150. The predicted octanol–water partition coefficient (Wildman–Crippen LogP) is 3.11. The van der Waals surface area contributed by atoms with Crippen molar-refractivity contribution in [2.75, 3.05) is 0 Å². The normalized spacial score (nSPS) is 15.5. The van der Waals surface area contributed by atoms with E-state index in [4.69, 9.17) is 17.3 Å². The van der Waals surface area contributed by atoms with Gasteiger partial charge < -0.3 is 5.73 Å². The molecule has 1 unspecified atom stereocenters. The van der Waals surface area contributed by atoms with E-state index >= 15 is 0 Å². The molecule has 2 nitrogen and oxygen atoms in total. The summed E-state index contributed by atoms with van der Waals surface area (Å²) >= 11 is 5.75. The number of aryl methyl sites for hydroxylation is 1. The van der Waals surface area contributed by atoms with E-state index in [-0.39, 0.29) is 10.6 Å². The van der Waals surface area contributed by atoms with Crippen LogP contribution in [0, 0.1) is 6.92 Å². The molecule has 94 valence electrons. The van der Waals surface area contributed by atoms with Crippen molar-refractivity contribution in [1.82, 2.24) is 0 Å². The molecule has 0 saturated carbocycles. The lowest BCUT2D eigenvalue weighted by Gasteiger charge is -2.26. The van der Waals surface area contributed by atoms with Crippen LogP contribution < -0.4 is 5.73 Å². The maximum absolute atomic E-state index is 12.6. The summed E-state index contributed by atoms with van der Waals surface area (Å²) < 4.78 is 37.7. The molecule has 0 fully saturated rings. The van der Waals surface area contributed by atoms with Gasteiger partial charge in [0.1, 0.15) is 0 Å². The van der Waals surface area contributed by atoms with Crippen molar-refractivity contribution in [2.24, 2.45) is 5.73 Å². The number of carbonyl (C=O) groups is 1. The molecule has 0 spiro atoms. The Labute approximate surface area is 102 Å². The number of benzene rings is 1. The van der Waals surface area contributed by atoms with Gasteiger partial charge in [-0.2, -0.15) is 13.2 Å². The van der Waals surface area contributed by atoms with Crippen molar-refractivity contribution >= 4 is 17.4 Å². The lowest BCUT2D eigenvalue weighted by molar-refractivity contribution is -0.165. The summed E-state index contributed by atoms with van der Waals surface area (Å²) in [6.45, 7) is 2.32. The van der Waals surface area contributed by atoms with E-state index in [0.717, 1.165) is 0 Å². The monoisotopic (exact) mass is 265 g/mol. The standard InChI is InChI=1S/C11H11ClF3NO/c1-6-3-4-7(5-8(6)12)9(17)10(2,16)11(13,14)15/h3-5H,16H2,1-2H3. The maximum atomic E-state index is 12.6. The third-order valence-corrected chi connectivity index (χ3v) is 2.90. The number of nitrogens with two attached hydrogens (primary N) is 1. The zero-order valence-electron chi connectivity index (χ0n) is 9.23. The Morgan fingerprint density at radius 3 is 2.29 bits per heavy atom. The third kappa shape index (κ3) is 2.61. The highest BCUT2D eigenvalue weighted by atomic mass is 35.5. The van der Waals surface area contributed by atoms with Crippen molar-refractivity contribution in [3.05, 3.63) is 34.3 Å². The fraction of sp³-hybridized carbons (Fsp3) is 0.364. The molecule has 0 amide bonds. The van der Waals surface area contributed by atoms with Gasteiger partial charge in [0.05, 0.1) is 0 Å². The zero-order valence-corrected chi connectivity index (χ0v) is 9.99. The van der Waals surface area contributed by atoms with E-state index in [0.29, 0.717) is 12.5 Å². The van der Waals surface area contributed by atoms with Crippen molar-refractivity contribution < 1.29 is 18.0 Å². The van der Waals surface area contributed by atoms with Gasteiger partial charge >= 0.3 is 6.18 Å². The van der Waals surface area contributed by atoms with Gasteiger partial charge in [0.15, 0.2) is 11.3 Å². The number of alkyl halides is 3. The highest BCUT2D eigenvalue weighted by molar-refractivity contribution is 6.31. The van der Waals surface area contributed by atoms with Gasteiger partial charge in [0.25, 0.3) is 0 Å². The van der Waals surface area contributed by atoms with Gasteiger partial charge in [-0.1, -0.05) is 23.7 Å². The Kier molecular flexibility index (Phi) is 3.55. The largest absolute Gasteiger partial charge is 0.413 e. The summed E-state index contributed by atoms with van der Waals surface area (Å²) in [6, 6.07) is 3.94. The Bertz CT molecular complexity index is 455. The first kappa shape index (κ1) is 14.0. The summed E-state index contributed by atoms with van der Waals surface area (Å²) in [5, 5.41) is 0.230. The van der Waals surface area contributed by atoms with Crippen LogP contribution in [-0.2, 0) is 0 Å². The fourth-order valence-corrected chi connectivity index (χ4v) is 1.34. The lowest BCUT2D eigenvalue weighted by Crippen LogP contribution is -2.57. The van der Waals surface area contributed by atoms with Gasteiger partial charge in [0, 0.05) is 10.6 Å². The number of rotatable bonds is 2. The van der Waals surface area contributed by atoms with Crippen LogP contribution in [-0.4, -0.2) is 17.5 Å². The number of Topliss-reactive ketones (excluding diaryl/α,β-unsaturated/α-hetero) is 1. The molecule has 17 heavy (non-hydrogen) atoms. The summed E-state index contributed by atoms with van der Waals surface area (Å²) in [6.07, 6.45) is -4.80. The molecule has 1 atom stereocenters. The molecular formula is C11H11ClF3NO. The van der Waals surface area contributed by atoms with Crippen molar-refractivity contribution in [2.45, 2.75) is 25.6 Å². The smallest absolute Gasteiger partial charge is 0.311 e. The van der Waals surface area contributed by atoms with Crippen molar-refractivity contribution in [1.29, 1.82) is 0 Å². The molecule has 0 aliphatic rings. The molecule has 0 heterocycles. The topological polar surface area (TPSA) is 43.1 Å². The molecule has 1 aromatic carbocycles. The van der Waals surface area contributed by atoms with Crippen LogP contribution >= 0.6 is 11.6 Å². The van der Waals surface area contributed by atoms with Crippen LogP contribution in [0.25, 0.3) is 0 Å². The van der Waals surface area contributed by atoms with Gasteiger partial charge in [-0.3, -0.25) is 4.79 Å². The molecule has 0 bridgehead atoms. The second-order valence-corrected chi connectivity index (χ2v) is 4.40. The highest BCUT2D eigenvalue weighted by Gasteiger charge is 2.53. The molecule has 2 N–H and O–H groups in total. The first-order valence-corrected chi connectivity index (χ1v) is 5.11. The molecule has 0 aliphatic carbocycles. The van der Waals surface area contributed by atoms with Gasteiger partial charge in [-0.25, -0.2) is 0 Å². The molecule has 0 aromatic heterocycles. The molecule has 6 heteroatoms. The van der Waals surface area contributed by atoms with E-state index in [2.05, 4.69) is 0 Å². The third-order valence-electron chi connectivity index (χ3n) is 2.49. The van der Waals surface area contributed by atoms with Gasteiger partial charge in [0.2, 0.25) is 0 Å². The summed E-state index contributed by atoms with van der Waals surface area (Å²) in [4.78, 5) is 11.7. The Balaban J connectivity index is 3.17. The van der Waals surface area contributed by atoms with E-state index in [1.54, 1.807) is 6.92 Å². The van der Waals surface area contributed by atoms with Crippen LogP contribution in [0.5, 0.6) is 0 Å². The quantitative estimate of drug-likeness (QED) is 0.835. The SMILES string of the molecule is Cc1ccc(C(=O)C(C)(N)C(F)(F)F)cc1Cl. The second kappa shape index (κ2) is 4.31. The molecule has 0 saturated heterocycles. The number of hydrogen-bond donors (Lipinski definition) is 1. The number of hydrogen-bond acceptors (Lipinski definition) is 2. The molecule has 0 radical (unpaired) electrons. The molecule has 1 aromatic rings. The van der Waals surface area contributed by atoms with Crippen LogP contribution in [0.3, 0.4) is 0 Å². The number of halogens is 4. The zero-order chi connectivity index (χ0) is 13.4. The van der Waals surface area contributed by atoms with Crippen LogP contribution in [0.1, 0.15) is 22.8 Å². The fourth-order valence-electron chi connectivity index (χ4n) is 1.16. The van der Waals surface area contributed by atoms with Gasteiger partial charge in [-0.15, -0.1) is 0 Å². The van der Waals surface area contributed by atoms with Crippen molar-refractivity contribution in [3.63, 3.8) is 0 Å². The first-order valence-electron chi connectivity index (χ1n) is 4.74. The Hall–Kier alpha value is -1.07. The van der Waals surface area contributed by atoms with E-state index in [1.807, 2.05) is 0 Å². The van der Waals surface area contributed by atoms with E-state index < -0.39 is 17.5 Å². The first-order chi connectivity index (χ1) is 7.57. The minimum Gasteiger partial charge on any atom is -0.311 e. The molecule has 0 aliphatic heterocycles. The summed E-state index contributed by atoms with van der Waals surface area (Å²) in [5.74, 6) is -1.20. The number of ketones is 1. The lowest BCUT2D eigenvalue weighted by atomic mass is 9.91. The molecule has 1 rings (SSSR count). The maximum Gasteiger partial charge on any atom is 0.413 e. The van der Waals surface area contributed by atoms with Crippen LogP contribution in [0.15, 0.2) is 18.2 Å². The Morgan fingerprint density at radius 2 is 1.88 bits per heavy atom. The average molecular weight is 266 g/mol. The summed E-state index contributed by atoms with van der Waals surface area (Å²) in [7, 11) is 0.